The summed E-state index contributed by atoms with van der Waals surface area (Å²) in [5, 5.41) is 2.90. The molecule has 98 valence electrons. The Balaban J connectivity index is 2.19. The quantitative estimate of drug-likeness (QED) is 0.792. The van der Waals surface area contributed by atoms with Crippen molar-refractivity contribution < 1.29 is 4.79 Å². The van der Waals surface area contributed by atoms with Gasteiger partial charge in [-0.2, -0.15) is 0 Å². The minimum atomic E-state index is -0.119. The molecule has 0 heterocycles. The first-order valence-electron chi connectivity index (χ1n) is 5.95. The summed E-state index contributed by atoms with van der Waals surface area (Å²) in [6, 6.07) is 13.3. The summed E-state index contributed by atoms with van der Waals surface area (Å²) in [5.41, 5.74) is 2.63. The van der Waals surface area contributed by atoms with Gasteiger partial charge in [0, 0.05) is 14.5 Å². The van der Waals surface area contributed by atoms with Crippen LogP contribution >= 0.6 is 31.9 Å². The molecule has 0 aliphatic carbocycles. The highest BCUT2D eigenvalue weighted by Crippen LogP contribution is 2.24. The van der Waals surface area contributed by atoms with E-state index in [1.807, 2.05) is 30.3 Å². The largest absolute Gasteiger partial charge is 0.321 e. The van der Waals surface area contributed by atoms with Gasteiger partial charge in [0.15, 0.2) is 0 Å². The standard InChI is InChI=1S/C15H13Br2NO/c1-2-10-6-7-14(13(17)8-10)18-15(19)11-4-3-5-12(16)9-11/h3-9H,2H2,1H3,(H,18,19). The van der Waals surface area contributed by atoms with Crippen LogP contribution in [-0.4, -0.2) is 5.91 Å². The van der Waals surface area contributed by atoms with Gasteiger partial charge in [0.1, 0.15) is 0 Å². The maximum atomic E-state index is 12.1. The second-order valence-corrected chi connectivity index (χ2v) is 5.90. The molecule has 0 saturated heterocycles. The summed E-state index contributed by atoms with van der Waals surface area (Å²) in [5.74, 6) is -0.119. The zero-order valence-electron chi connectivity index (χ0n) is 10.4. The Bertz CT molecular complexity index is 611. The van der Waals surface area contributed by atoms with Crippen LogP contribution < -0.4 is 5.32 Å². The van der Waals surface area contributed by atoms with Crippen molar-refractivity contribution in [1.82, 2.24) is 0 Å². The summed E-state index contributed by atoms with van der Waals surface area (Å²) >= 11 is 6.84. The van der Waals surface area contributed by atoms with Crippen LogP contribution in [0.4, 0.5) is 5.69 Å². The van der Waals surface area contributed by atoms with E-state index in [2.05, 4.69) is 44.1 Å². The zero-order chi connectivity index (χ0) is 13.8. The van der Waals surface area contributed by atoms with Crippen LogP contribution in [-0.2, 0) is 6.42 Å². The molecule has 1 N–H and O–H groups in total. The summed E-state index contributed by atoms with van der Waals surface area (Å²) in [6.07, 6.45) is 0.971. The minimum Gasteiger partial charge on any atom is -0.321 e. The van der Waals surface area contributed by atoms with Crippen LogP contribution in [0.5, 0.6) is 0 Å². The molecule has 0 atom stereocenters. The number of nitrogens with one attached hydrogen (secondary N) is 1. The molecule has 19 heavy (non-hydrogen) atoms. The Hall–Kier alpha value is -1.13. The first-order valence-corrected chi connectivity index (χ1v) is 7.54. The molecule has 0 radical (unpaired) electrons. The smallest absolute Gasteiger partial charge is 0.255 e. The number of benzene rings is 2. The van der Waals surface area contributed by atoms with Gasteiger partial charge in [-0.1, -0.05) is 35.0 Å². The number of carbonyl (C=O) groups excluding carboxylic acids is 1. The van der Waals surface area contributed by atoms with Crippen molar-refractivity contribution >= 4 is 43.5 Å². The molecule has 0 unspecified atom stereocenters. The zero-order valence-corrected chi connectivity index (χ0v) is 13.6. The predicted octanol–water partition coefficient (Wildman–Crippen LogP) is 5.03. The topological polar surface area (TPSA) is 29.1 Å². The monoisotopic (exact) mass is 381 g/mol. The highest BCUT2D eigenvalue weighted by molar-refractivity contribution is 9.10. The molecule has 0 spiro atoms. The lowest BCUT2D eigenvalue weighted by molar-refractivity contribution is 0.102. The normalized spacial score (nSPS) is 10.3. The number of aryl methyl sites for hydroxylation is 1. The van der Waals surface area contributed by atoms with Crippen molar-refractivity contribution in [2.75, 3.05) is 5.32 Å². The molecule has 0 aliphatic rings. The third kappa shape index (κ3) is 3.67. The van der Waals surface area contributed by atoms with Gasteiger partial charge in [-0.15, -0.1) is 0 Å². The number of halogens is 2. The van der Waals surface area contributed by atoms with E-state index in [1.165, 1.54) is 5.56 Å². The molecular weight excluding hydrogens is 370 g/mol. The maximum absolute atomic E-state index is 12.1. The molecule has 1 amide bonds. The van der Waals surface area contributed by atoms with Crippen LogP contribution in [0.3, 0.4) is 0 Å². The Labute approximate surface area is 129 Å². The third-order valence-corrected chi connectivity index (χ3v) is 3.93. The van der Waals surface area contributed by atoms with Crippen LogP contribution in [0.25, 0.3) is 0 Å². The summed E-state index contributed by atoms with van der Waals surface area (Å²) < 4.78 is 1.79. The molecule has 2 aromatic rings. The minimum absolute atomic E-state index is 0.119. The van der Waals surface area contributed by atoms with E-state index in [-0.39, 0.29) is 5.91 Å². The second-order valence-electron chi connectivity index (χ2n) is 4.13. The first kappa shape index (κ1) is 14.3. The van der Waals surface area contributed by atoms with E-state index in [1.54, 1.807) is 12.1 Å². The average molecular weight is 383 g/mol. The Morgan fingerprint density at radius 3 is 2.58 bits per heavy atom. The van der Waals surface area contributed by atoms with Gasteiger partial charge in [-0.3, -0.25) is 4.79 Å². The van der Waals surface area contributed by atoms with Gasteiger partial charge in [-0.25, -0.2) is 0 Å². The average Bonchev–Trinajstić information content (AvgIpc) is 2.41. The third-order valence-electron chi connectivity index (χ3n) is 2.78. The molecule has 2 rings (SSSR count). The molecule has 0 saturated carbocycles. The predicted molar refractivity (Wildman–Crippen MR) is 85.6 cm³/mol. The molecule has 2 aromatic carbocycles. The summed E-state index contributed by atoms with van der Waals surface area (Å²) in [4.78, 5) is 12.1. The Morgan fingerprint density at radius 1 is 1.16 bits per heavy atom. The van der Waals surface area contributed by atoms with E-state index in [4.69, 9.17) is 0 Å². The fourth-order valence-electron chi connectivity index (χ4n) is 1.70. The molecule has 0 aliphatic heterocycles. The van der Waals surface area contributed by atoms with Crippen molar-refractivity contribution in [3.05, 3.63) is 62.5 Å². The van der Waals surface area contributed by atoms with Gasteiger partial charge in [0.05, 0.1) is 5.69 Å². The number of hydrogen-bond acceptors (Lipinski definition) is 1. The molecule has 0 aromatic heterocycles. The number of hydrogen-bond donors (Lipinski definition) is 1. The van der Waals surface area contributed by atoms with E-state index in [0.717, 1.165) is 21.1 Å². The van der Waals surface area contributed by atoms with Gasteiger partial charge in [0.2, 0.25) is 0 Å². The van der Waals surface area contributed by atoms with Crippen LogP contribution in [0, 0.1) is 0 Å². The second kappa shape index (κ2) is 6.35. The summed E-state index contributed by atoms with van der Waals surface area (Å²) in [7, 11) is 0. The van der Waals surface area contributed by atoms with Crippen molar-refractivity contribution in [3.8, 4) is 0 Å². The lowest BCUT2D eigenvalue weighted by Gasteiger charge is -2.09. The van der Waals surface area contributed by atoms with Crippen molar-refractivity contribution in [2.24, 2.45) is 0 Å². The lowest BCUT2D eigenvalue weighted by atomic mass is 10.1. The molecule has 4 heteroatoms. The highest BCUT2D eigenvalue weighted by atomic mass is 79.9. The Kier molecular flexibility index (Phi) is 4.77. The van der Waals surface area contributed by atoms with Gasteiger partial charge >= 0.3 is 0 Å². The molecule has 0 bridgehead atoms. The maximum Gasteiger partial charge on any atom is 0.255 e. The first-order chi connectivity index (χ1) is 9.10. The number of rotatable bonds is 3. The SMILES string of the molecule is CCc1ccc(NC(=O)c2cccc(Br)c2)c(Br)c1. The van der Waals surface area contributed by atoms with Gasteiger partial charge in [0.25, 0.3) is 5.91 Å². The summed E-state index contributed by atoms with van der Waals surface area (Å²) in [6.45, 7) is 2.10. The van der Waals surface area contributed by atoms with Crippen LogP contribution in [0.15, 0.2) is 51.4 Å². The van der Waals surface area contributed by atoms with Crippen molar-refractivity contribution in [2.45, 2.75) is 13.3 Å². The fourth-order valence-corrected chi connectivity index (χ4v) is 2.63. The van der Waals surface area contributed by atoms with Gasteiger partial charge < -0.3 is 5.32 Å². The molecular formula is C15H13Br2NO. The lowest BCUT2D eigenvalue weighted by Crippen LogP contribution is -2.12. The van der Waals surface area contributed by atoms with E-state index in [0.29, 0.717) is 5.56 Å². The Morgan fingerprint density at radius 2 is 1.95 bits per heavy atom. The molecule has 0 fully saturated rings. The van der Waals surface area contributed by atoms with E-state index >= 15 is 0 Å². The molecule has 2 nitrogen and oxygen atoms in total. The van der Waals surface area contributed by atoms with Crippen LogP contribution in [0.2, 0.25) is 0 Å². The van der Waals surface area contributed by atoms with E-state index in [9.17, 15) is 4.79 Å². The van der Waals surface area contributed by atoms with Gasteiger partial charge in [-0.05, 0) is 58.2 Å². The van der Waals surface area contributed by atoms with E-state index < -0.39 is 0 Å². The van der Waals surface area contributed by atoms with Crippen LogP contribution in [0.1, 0.15) is 22.8 Å². The number of anilines is 1. The van der Waals surface area contributed by atoms with Crippen molar-refractivity contribution in [1.29, 1.82) is 0 Å². The fraction of sp³-hybridized carbons (Fsp3) is 0.133. The number of carbonyl (C=O) groups is 1. The van der Waals surface area contributed by atoms with Crippen molar-refractivity contribution in [3.63, 3.8) is 0 Å². The number of amides is 1. The highest BCUT2D eigenvalue weighted by Gasteiger charge is 2.08.